The summed E-state index contributed by atoms with van der Waals surface area (Å²) in [7, 11) is -3.19. The predicted octanol–water partition coefficient (Wildman–Crippen LogP) is 3.12. The van der Waals surface area contributed by atoms with Crippen molar-refractivity contribution >= 4 is 21.8 Å². The number of hydrogen-bond donors (Lipinski definition) is 1. The van der Waals surface area contributed by atoms with E-state index in [1.807, 2.05) is 36.1 Å². The summed E-state index contributed by atoms with van der Waals surface area (Å²) < 4.78 is 34.0. The van der Waals surface area contributed by atoms with E-state index in [1.165, 1.54) is 9.21 Å². The molecule has 1 saturated heterocycles. The maximum atomic E-state index is 12.1. The molecule has 1 amide bonds. The van der Waals surface area contributed by atoms with Gasteiger partial charge in [0.1, 0.15) is 12.4 Å². The summed E-state index contributed by atoms with van der Waals surface area (Å²) in [5.74, 6) is 0.817. The Morgan fingerprint density at radius 2 is 2.09 bits per heavy atom. The number of ether oxygens (including phenoxy) is 1. The van der Waals surface area contributed by atoms with Crippen molar-refractivity contribution in [2.24, 2.45) is 0 Å². The van der Waals surface area contributed by atoms with Crippen molar-refractivity contribution < 1.29 is 23.1 Å². The monoisotopic (exact) mass is 460 g/mol. The molecule has 1 saturated carbocycles. The van der Waals surface area contributed by atoms with Crippen molar-refractivity contribution in [2.45, 2.75) is 51.1 Å². The number of anilines is 1. The number of rotatable bonds is 6. The highest BCUT2D eigenvalue weighted by Crippen LogP contribution is 2.44. The normalized spacial score (nSPS) is 22.7. The molecule has 1 aromatic heterocycles. The van der Waals surface area contributed by atoms with Crippen molar-refractivity contribution in [3.8, 4) is 16.9 Å². The minimum Gasteiger partial charge on any atom is -0.491 e. The molecule has 0 unspecified atom stereocenters. The van der Waals surface area contributed by atoms with Crippen LogP contribution in [0.2, 0.25) is 0 Å². The Hall–Kier alpha value is -2.59. The van der Waals surface area contributed by atoms with Gasteiger partial charge in [0.2, 0.25) is 10.0 Å². The number of sulfonamides is 1. The zero-order valence-corrected chi connectivity index (χ0v) is 18.9. The number of fused-ring (bicyclic) bond motifs is 1. The van der Waals surface area contributed by atoms with Crippen LogP contribution in [0.3, 0.4) is 0 Å². The van der Waals surface area contributed by atoms with Crippen molar-refractivity contribution in [3.63, 3.8) is 0 Å². The molecule has 1 aromatic carbocycles. The lowest BCUT2D eigenvalue weighted by Crippen LogP contribution is -2.41. The molecule has 172 valence electrons. The first kappa shape index (κ1) is 21.3. The number of benzene rings is 1. The predicted molar refractivity (Wildman–Crippen MR) is 120 cm³/mol. The van der Waals surface area contributed by atoms with E-state index in [4.69, 9.17) is 4.74 Å². The highest BCUT2D eigenvalue weighted by molar-refractivity contribution is 7.89. The summed E-state index contributed by atoms with van der Waals surface area (Å²) in [4.78, 5) is 13.3. The summed E-state index contributed by atoms with van der Waals surface area (Å²) in [5, 5.41) is 14.3. The fraction of sp³-hybridized carbons (Fsp3) is 0.545. The molecule has 1 aliphatic carbocycles. The summed E-state index contributed by atoms with van der Waals surface area (Å²) in [6, 6.07) is 4.07. The van der Waals surface area contributed by atoms with E-state index < -0.39 is 16.1 Å². The Bertz CT molecular complexity index is 1140. The van der Waals surface area contributed by atoms with Gasteiger partial charge in [-0.3, -0.25) is 9.58 Å². The van der Waals surface area contributed by atoms with E-state index in [1.54, 1.807) is 0 Å². The van der Waals surface area contributed by atoms with Crippen LogP contribution in [0.5, 0.6) is 5.75 Å². The second kappa shape index (κ2) is 8.08. The Balaban J connectivity index is 1.49. The largest absolute Gasteiger partial charge is 0.491 e. The highest BCUT2D eigenvalue weighted by atomic mass is 32.2. The van der Waals surface area contributed by atoms with Gasteiger partial charge < -0.3 is 9.84 Å². The van der Waals surface area contributed by atoms with Gasteiger partial charge in [-0.2, -0.15) is 9.40 Å². The lowest BCUT2D eigenvalue weighted by atomic mass is 9.92. The van der Waals surface area contributed by atoms with Crippen LogP contribution in [0.15, 0.2) is 24.5 Å². The molecule has 32 heavy (non-hydrogen) atoms. The average Bonchev–Trinajstić information content (AvgIpc) is 3.38. The quantitative estimate of drug-likeness (QED) is 0.710. The Morgan fingerprint density at radius 3 is 2.78 bits per heavy atom. The molecule has 0 bridgehead atoms. The maximum Gasteiger partial charge on any atom is 0.412 e. The third-order valence-electron chi connectivity index (χ3n) is 6.58. The van der Waals surface area contributed by atoms with E-state index in [9.17, 15) is 18.3 Å². The van der Waals surface area contributed by atoms with E-state index in [0.717, 1.165) is 29.5 Å². The van der Waals surface area contributed by atoms with Crippen LogP contribution in [0.1, 0.15) is 44.2 Å². The number of carbonyl (C=O) groups is 1. The van der Waals surface area contributed by atoms with Gasteiger partial charge in [0, 0.05) is 42.0 Å². The van der Waals surface area contributed by atoms with Gasteiger partial charge in [-0.1, -0.05) is 0 Å². The summed E-state index contributed by atoms with van der Waals surface area (Å²) >= 11 is 0. The summed E-state index contributed by atoms with van der Waals surface area (Å²) in [6.45, 7) is 2.92. The number of amides is 1. The maximum absolute atomic E-state index is 12.1. The average molecular weight is 461 g/mol. The van der Waals surface area contributed by atoms with Gasteiger partial charge in [0.15, 0.2) is 0 Å². The van der Waals surface area contributed by atoms with Gasteiger partial charge in [0.05, 0.1) is 23.7 Å². The van der Waals surface area contributed by atoms with Gasteiger partial charge in [0.25, 0.3) is 0 Å². The highest BCUT2D eigenvalue weighted by Gasteiger charge is 2.33. The van der Waals surface area contributed by atoms with Crippen molar-refractivity contribution in [1.29, 1.82) is 0 Å². The van der Waals surface area contributed by atoms with Crippen molar-refractivity contribution in [3.05, 3.63) is 30.1 Å². The fourth-order valence-corrected chi connectivity index (χ4v) is 6.21. The second-order valence-corrected chi connectivity index (χ2v) is 10.9. The number of nitrogens with zero attached hydrogens (tertiary/aromatic N) is 4. The summed E-state index contributed by atoms with van der Waals surface area (Å²) in [5.41, 5.74) is 3.27. The van der Waals surface area contributed by atoms with Gasteiger partial charge in [-0.25, -0.2) is 13.2 Å². The molecule has 10 heteroatoms. The van der Waals surface area contributed by atoms with Gasteiger partial charge >= 0.3 is 6.09 Å². The third-order valence-corrected chi connectivity index (χ3v) is 8.53. The topological polar surface area (TPSA) is 105 Å². The number of aromatic nitrogens is 2. The van der Waals surface area contributed by atoms with Crippen molar-refractivity contribution in [1.82, 2.24) is 14.1 Å². The fourth-order valence-electron chi connectivity index (χ4n) is 4.70. The molecule has 2 aromatic rings. The Labute approximate surface area is 187 Å². The van der Waals surface area contributed by atoms with Crippen LogP contribution in [0.25, 0.3) is 11.1 Å². The van der Waals surface area contributed by atoms with Gasteiger partial charge in [-0.15, -0.1) is 0 Å². The Kier molecular flexibility index (Phi) is 5.37. The van der Waals surface area contributed by atoms with Gasteiger partial charge in [-0.05, 0) is 51.2 Å². The first-order valence-corrected chi connectivity index (χ1v) is 12.8. The van der Waals surface area contributed by atoms with Crippen LogP contribution in [-0.2, 0) is 16.4 Å². The first-order valence-electron chi connectivity index (χ1n) is 11.2. The SMILES string of the molecule is C[C@H]1CCc2c(ccc(-c3cnn(C4CC4)c3)c2OCCN2CCCS2(=O)=O)N1C(=O)O. The molecule has 5 rings (SSSR count). The zero-order chi connectivity index (χ0) is 22.5. The summed E-state index contributed by atoms with van der Waals surface area (Å²) in [6.07, 6.45) is 7.13. The molecule has 0 spiro atoms. The number of hydrogen-bond acceptors (Lipinski definition) is 5. The van der Waals surface area contributed by atoms with Crippen LogP contribution >= 0.6 is 0 Å². The molecule has 1 N–H and O–H groups in total. The standard InChI is InChI=1S/C22H28N4O5S/c1-15-3-6-19-20(26(15)22(27)28)8-7-18(16-13-23-25(14-16)17-4-5-17)21(19)31-11-10-24-9-2-12-32(24,29)30/h7-8,13-15,17H,2-6,9-12H2,1H3,(H,27,28)/t15-/m0/s1. The molecule has 2 aliphatic heterocycles. The van der Waals surface area contributed by atoms with E-state index in [-0.39, 0.29) is 24.9 Å². The third kappa shape index (κ3) is 3.86. The molecular formula is C22H28N4O5S. The molecule has 3 heterocycles. The van der Waals surface area contributed by atoms with Crippen LogP contribution in [0, 0.1) is 0 Å². The second-order valence-electron chi connectivity index (χ2n) is 8.84. The smallest absolute Gasteiger partial charge is 0.412 e. The lowest BCUT2D eigenvalue weighted by molar-refractivity contribution is 0.198. The van der Waals surface area contributed by atoms with E-state index in [2.05, 4.69) is 5.10 Å². The van der Waals surface area contributed by atoms with E-state index >= 15 is 0 Å². The molecule has 9 nitrogen and oxygen atoms in total. The Morgan fingerprint density at radius 1 is 1.28 bits per heavy atom. The lowest BCUT2D eigenvalue weighted by Gasteiger charge is -2.34. The number of carboxylic acid groups (broad SMARTS) is 1. The van der Waals surface area contributed by atoms with E-state index in [0.29, 0.717) is 43.3 Å². The molecule has 0 radical (unpaired) electrons. The first-order chi connectivity index (χ1) is 15.3. The molecule has 2 fully saturated rings. The molecule has 1 atom stereocenters. The molecular weight excluding hydrogens is 432 g/mol. The molecule has 3 aliphatic rings. The van der Waals surface area contributed by atoms with Crippen LogP contribution in [-0.4, -0.2) is 65.2 Å². The van der Waals surface area contributed by atoms with Crippen molar-refractivity contribution in [2.75, 3.05) is 30.3 Å². The minimum atomic E-state index is -3.19. The van der Waals surface area contributed by atoms with Crippen LogP contribution < -0.4 is 9.64 Å². The minimum absolute atomic E-state index is 0.119. The van der Waals surface area contributed by atoms with Crippen LogP contribution in [0.4, 0.5) is 10.5 Å². The zero-order valence-electron chi connectivity index (χ0n) is 18.1.